The first-order chi connectivity index (χ1) is 10.5. The number of fused-ring (bicyclic) bond motifs is 1. The van der Waals surface area contributed by atoms with Gasteiger partial charge in [0.15, 0.2) is 0 Å². The van der Waals surface area contributed by atoms with Crippen LogP contribution in [-0.2, 0) is 11.2 Å². The Bertz CT molecular complexity index is 915. The number of hydrogen-bond acceptors (Lipinski definition) is 2. The average Bonchev–Trinajstić information content (AvgIpc) is 2.81. The Balaban J connectivity index is 1.76. The summed E-state index contributed by atoms with van der Waals surface area (Å²) in [7, 11) is 0. The lowest BCUT2D eigenvalue weighted by Crippen LogP contribution is -2.15. The van der Waals surface area contributed by atoms with E-state index in [1.807, 2.05) is 0 Å². The minimum atomic E-state index is -0.834. The second kappa shape index (κ2) is 5.44. The van der Waals surface area contributed by atoms with Gasteiger partial charge in [-0.25, -0.2) is 13.6 Å². The number of carbonyl (C=O) groups is 1. The lowest BCUT2D eigenvalue weighted by molar-refractivity contribution is -0.115. The topological polar surface area (TPSA) is 77.8 Å². The number of aromatic nitrogens is 2. The first-order valence-electron chi connectivity index (χ1n) is 6.47. The zero-order chi connectivity index (χ0) is 15.7. The normalized spacial score (nSPS) is 10.8. The third-order valence-corrected chi connectivity index (χ3v) is 3.15. The molecule has 1 heterocycles. The summed E-state index contributed by atoms with van der Waals surface area (Å²) in [6, 6.07) is 7.95. The molecule has 5 nitrogen and oxygen atoms in total. The molecule has 0 saturated heterocycles. The molecule has 2 aromatic carbocycles. The van der Waals surface area contributed by atoms with Crippen molar-refractivity contribution in [3.8, 4) is 0 Å². The Morgan fingerprint density at radius 3 is 2.59 bits per heavy atom. The van der Waals surface area contributed by atoms with Gasteiger partial charge in [0, 0.05) is 6.07 Å². The number of imidazole rings is 1. The Morgan fingerprint density at radius 1 is 1.05 bits per heavy atom. The molecule has 0 fully saturated rings. The highest BCUT2D eigenvalue weighted by Gasteiger charge is 2.09. The minimum Gasteiger partial charge on any atom is -0.323 e. The molecule has 0 atom stereocenters. The number of anilines is 1. The maximum atomic E-state index is 13.5. The van der Waals surface area contributed by atoms with E-state index in [1.165, 1.54) is 0 Å². The highest BCUT2D eigenvalue weighted by molar-refractivity contribution is 5.92. The summed E-state index contributed by atoms with van der Waals surface area (Å²) in [5, 5.41) is 2.38. The quantitative estimate of drug-likeness (QED) is 0.694. The molecule has 0 aliphatic carbocycles. The molecule has 3 aromatic rings. The van der Waals surface area contributed by atoms with Crippen molar-refractivity contribution in [2.24, 2.45) is 0 Å². The zero-order valence-electron chi connectivity index (χ0n) is 11.2. The zero-order valence-corrected chi connectivity index (χ0v) is 11.2. The summed E-state index contributed by atoms with van der Waals surface area (Å²) in [5.74, 6) is -1.99. The number of H-pyrrole nitrogens is 2. The van der Waals surface area contributed by atoms with Gasteiger partial charge < -0.3 is 15.3 Å². The Morgan fingerprint density at radius 2 is 1.82 bits per heavy atom. The largest absolute Gasteiger partial charge is 0.323 e. The second-order valence-corrected chi connectivity index (χ2v) is 4.81. The summed E-state index contributed by atoms with van der Waals surface area (Å²) in [4.78, 5) is 28.3. The van der Waals surface area contributed by atoms with Crippen LogP contribution in [0.4, 0.5) is 14.5 Å². The van der Waals surface area contributed by atoms with Crippen LogP contribution in [0.1, 0.15) is 5.56 Å². The number of rotatable bonds is 3. The monoisotopic (exact) mass is 303 g/mol. The molecule has 1 amide bonds. The molecule has 0 aliphatic rings. The van der Waals surface area contributed by atoms with Gasteiger partial charge in [-0.1, -0.05) is 6.07 Å². The predicted octanol–water partition coefficient (Wildman–Crippen LogP) is 2.32. The minimum absolute atomic E-state index is 0.0000328. The Kier molecular flexibility index (Phi) is 3.46. The van der Waals surface area contributed by atoms with E-state index >= 15 is 0 Å². The number of halogens is 2. The number of hydrogen-bond donors (Lipinski definition) is 3. The third kappa shape index (κ3) is 2.88. The smallest absolute Gasteiger partial charge is 0.323 e. The summed E-state index contributed by atoms with van der Waals surface area (Å²) in [6.07, 6.45) is -0.0000328. The molecule has 0 radical (unpaired) electrons. The van der Waals surface area contributed by atoms with Gasteiger partial charge in [0.05, 0.1) is 23.1 Å². The second-order valence-electron chi connectivity index (χ2n) is 4.81. The first-order valence-corrected chi connectivity index (χ1v) is 6.47. The van der Waals surface area contributed by atoms with Gasteiger partial charge in [-0.15, -0.1) is 0 Å². The van der Waals surface area contributed by atoms with Crippen molar-refractivity contribution in [2.75, 3.05) is 5.32 Å². The van der Waals surface area contributed by atoms with E-state index < -0.39 is 17.5 Å². The van der Waals surface area contributed by atoms with E-state index in [0.717, 1.165) is 12.1 Å². The molecular formula is C15H11F2N3O2. The summed E-state index contributed by atoms with van der Waals surface area (Å²) in [6.45, 7) is 0. The molecule has 0 unspecified atom stereocenters. The molecule has 3 rings (SSSR count). The van der Waals surface area contributed by atoms with Crippen LogP contribution in [0.25, 0.3) is 11.0 Å². The van der Waals surface area contributed by atoms with Gasteiger partial charge in [-0.3, -0.25) is 4.79 Å². The first kappa shape index (κ1) is 14.0. The number of carbonyl (C=O) groups excluding carboxylic acids is 1. The highest BCUT2D eigenvalue weighted by Crippen LogP contribution is 2.16. The molecular weight excluding hydrogens is 292 g/mol. The molecule has 3 N–H and O–H groups in total. The van der Waals surface area contributed by atoms with Crippen LogP contribution < -0.4 is 11.0 Å². The van der Waals surface area contributed by atoms with E-state index in [0.29, 0.717) is 22.7 Å². The molecule has 22 heavy (non-hydrogen) atoms. The van der Waals surface area contributed by atoms with Crippen molar-refractivity contribution < 1.29 is 13.6 Å². The maximum absolute atomic E-state index is 13.5. The molecule has 0 aliphatic heterocycles. The summed E-state index contributed by atoms with van der Waals surface area (Å²) in [5.41, 5.74) is 1.47. The molecule has 0 bridgehead atoms. The standard InChI is InChI=1S/C15H11F2N3O2/c16-9-2-4-11(10(17)7-9)18-14(21)6-8-1-3-12-13(5-8)20-15(22)19-12/h1-5,7H,6H2,(H,18,21)(H2,19,20,22). The van der Waals surface area contributed by atoms with Crippen molar-refractivity contribution in [3.63, 3.8) is 0 Å². The van der Waals surface area contributed by atoms with Gasteiger partial charge >= 0.3 is 5.69 Å². The predicted molar refractivity (Wildman–Crippen MR) is 77.6 cm³/mol. The fraction of sp³-hybridized carbons (Fsp3) is 0.0667. The van der Waals surface area contributed by atoms with Gasteiger partial charge in [0.25, 0.3) is 0 Å². The van der Waals surface area contributed by atoms with E-state index in [-0.39, 0.29) is 17.8 Å². The van der Waals surface area contributed by atoms with Crippen LogP contribution in [0.3, 0.4) is 0 Å². The number of benzene rings is 2. The van der Waals surface area contributed by atoms with Gasteiger partial charge in [0.1, 0.15) is 11.6 Å². The molecule has 0 spiro atoms. The SMILES string of the molecule is O=C(Cc1ccc2[nH]c(=O)[nH]c2c1)Nc1ccc(F)cc1F. The van der Waals surface area contributed by atoms with Crippen LogP contribution in [0.2, 0.25) is 0 Å². The molecule has 0 saturated carbocycles. The van der Waals surface area contributed by atoms with E-state index in [1.54, 1.807) is 18.2 Å². The van der Waals surface area contributed by atoms with Gasteiger partial charge in [-0.2, -0.15) is 0 Å². The van der Waals surface area contributed by atoms with Crippen LogP contribution >= 0.6 is 0 Å². The molecule has 7 heteroatoms. The molecule has 112 valence electrons. The lowest BCUT2D eigenvalue weighted by atomic mass is 10.1. The Hall–Kier alpha value is -2.96. The third-order valence-electron chi connectivity index (χ3n) is 3.15. The van der Waals surface area contributed by atoms with Crippen LogP contribution in [-0.4, -0.2) is 15.9 Å². The Labute approximate surface area is 123 Å². The van der Waals surface area contributed by atoms with Crippen LogP contribution in [0.5, 0.6) is 0 Å². The maximum Gasteiger partial charge on any atom is 0.323 e. The summed E-state index contributed by atoms with van der Waals surface area (Å²) >= 11 is 0. The average molecular weight is 303 g/mol. The van der Waals surface area contributed by atoms with E-state index in [9.17, 15) is 18.4 Å². The van der Waals surface area contributed by atoms with Crippen molar-refractivity contribution >= 4 is 22.6 Å². The highest BCUT2D eigenvalue weighted by atomic mass is 19.1. The van der Waals surface area contributed by atoms with Gasteiger partial charge in [-0.05, 0) is 29.8 Å². The molecule has 1 aromatic heterocycles. The van der Waals surface area contributed by atoms with Crippen LogP contribution in [0.15, 0.2) is 41.2 Å². The van der Waals surface area contributed by atoms with Crippen molar-refractivity contribution in [1.82, 2.24) is 9.97 Å². The lowest BCUT2D eigenvalue weighted by Gasteiger charge is -2.06. The van der Waals surface area contributed by atoms with Crippen molar-refractivity contribution in [3.05, 3.63) is 64.1 Å². The van der Waals surface area contributed by atoms with Crippen LogP contribution in [0, 0.1) is 11.6 Å². The van der Waals surface area contributed by atoms with Gasteiger partial charge in [0.2, 0.25) is 5.91 Å². The number of aromatic amines is 2. The van der Waals surface area contributed by atoms with E-state index in [4.69, 9.17) is 0 Å². The fourth-order valence-corrected chi connectivity index (χ4v) is 2.16. The van der Waals surface area contributed by atoms with Crippen molar-refractivity contribution in [1.29, 1.82) is 0 Å². The summed E-state index contributed by atoms with van der Waals surface area (Å²) < 4.78 is 26.3. The fourth-order valence-electron chi connectivity index (χ4n) is 2.16. The van der Waals surface area contributed by atoms with Crippen molar-refractivity contribution in [2.45, 2.75) is 6.42 Å². The number of nitrogens with one attached hydrogen (secondary N) is 3. The van der Waals surface area contributed by atoms with E-state index in [2.05, 4.69) is 15.3 Å². The number of amides is 1.